The monoisotopic (exact) mass is 276 g/mol. The summed E-state index contributed by atoms with van der Waals surface area (Å²) in [5, 5.41) is 0.557. The third-order valence-corrected chi connectivity index (χ3v) is 3.66. The van der Waals surface area contributed by atoms with E-state index in [0.717, 1.165) is 12.0 Å². The Hall–Kier alpha value is -0.740. The minimum Gasteiger partial charge on any atom is -0.492 e. The van der Waals surface area contributed by atoms with E-state index >= 15 is 0 Å². The van der Waals surface area contributed by atoms with Gasteiger partial charge in [-0.15, -0.1) is 0 Å². The van der Waals surface area contributed by atoms with Crippen LogP contribution in [0.5, 0.6) is 5.75 Å². The lowest BCUT2D eigenvalue weighted by atomic mass is 10.2. The molecule has 5 heteroatoms. The minimum absolute atomic E-state index is 0.137. The molecule has 0 fully saturated rings. The van der Waals surface area contributed by atoms with E-state index in [1.165, 1.54) is 6.26 Å². The molecule has 0 radical (unpaired) electrons. The molecule has 1 aromatic rings. The maximum Gasteiger partial charge on any atom is 0.147 e. The molecule has 0 bridgehead atoms. The number of hydrogen-bond donors (Lipinski definition) is 0. The van der Waals surface area contributed by atoms with Crippen molar-refractivity contribution in [3.63, 3.8) is 0 Å². The molecule has 3 nitrogen and oxygen atoms in total. The molecule has 0 unspecified atom stereocenters. The molecule has 0 aromatic heterocycles. The summed E-state index contributed by atoms with van der Waals surface area (Å²) in [5.41, 5.74) is 1.15. The fraction of sp³-hybridized carbons (Fsp3) is 0.500. The van der Waals surface area contributed by atoms with Crippen molar-refractivity contribution < 1.29 is 13.2 Å². The van der Waals surface area contributed by atoms with Crippen molar-refractivity contribution in [3.8, 4) is 5.75 Å². The topological polar surface area (TPSA) is 43.4 Å². The molecule has 1 aromatic carbocycles. The average Bonchev–Trinajstić information content (AvgIpc) is 2.25. The second-order valence-corrected chi connectivity index (χ2v) is 6.62. The van der Waals surface area contributed by atoms with Crippen LogP contribution >= 0.6 is 11.6 Å². The number of aryl methyl sites for hydroxylation is 1. The Bertz CT molecular complexity index is 469. The highest BCUT2D eigenvalue weighted by Gasteiger charge is 2.05. The van der Waals surface area contributed by atoms with Crippen LogP contribution in [0.25, 0.3) is 0 Å². The van der Waals surface area contributed by atoms with Crippen LogP contribution in [0.4, 0.5) is 0 Å². The lowest BCUT2D eigenvalue weighted by Crippen LogP contribution is -2.08. The normalized spacial score (nSPS) is 11.5. The average molecular weight is 277 g/mol. The zero-order valence-electron chi connectivity index (χ0n) is 10.1. The van der Waals surface area contributed by atoms with Crippen molar-refractivity contribution in [1.82, 2.24) is 0 Å². The Labute approximate surface area is 108 Å². The fourth-order valence-corrected chi connectivity index (χ4v) is 2.20. The van der Waals surface area contributed by atoms with Gasteiger partial charge >= 0.3 is 0 Å². The number of rotatable bonds is 6. The fourth-order valence-electron chi connectivity index (χ4n) is 1.38. The van der Waals surface area contributed by atoms with Gasteiger partial charge in [-0.1, -0.05) is 24.6 Å². The van der Waals surface area contributed by atoms with Crippen molar-refractivity contribution >= 4 is 21.4 Å². The van der Waals surface area contributed by atoms with E-state index in [0.29, 0.717) is 23.8 Å². The van der Waals surface area contributed by atoms with E-state index in [1.807, 2.05) is 12.1 Å². The highest BCUT2D eigenvalue weighted by atomic mass is 35.5. The summed E-state index contributed by atoms with van der Waals surface area (Å²) in [6.45, 7) is 2.41. The van der Waals surface area contributed by atoms with Crippen LogP contribution in [0.2, 0.25) is 5.02 Å². The van der Waals surface area contributed by atoms with Crippen molar-refractivity contribution in [2.24, 2.45) is 0 Å². The molecule has 0 aliphatic carbocycles. The van der Waals surface area contributed by atoms with Crippen molar-refractivity contribution in [3.05, 3.63) is 28.8 Å². The number of ether oxygens (including phenoxy) is 1. The van der Waals surface area contributed by atoms with Gasteiger partial charge < -0.3 is 4.74 Å². The smallest absolute Gasteiger partial charge is 0.147 e. The van der Waals surface area contributed by atoms with Gasteiger partial charge in [-0.25, -0.2) is 8.42 Å². The van der Waals surface area contributed by atoms with E-state index in [1.54, 1.807) is 6.07 Å². The second-order valence-electron chi connectivity index (χ2n) is 3.95. The Kier molecular flexibility index (Phi) is 5.28. The predicted octanol–water partition coefficient (Wildman–Crippen LogP) is 2.72. The highest BCUT2D eigenvalue weighted by molar-refractivity contribution is 7.90. The third-order valence-electron chi connectivity index (χ3n) is 2.32. The SMILES string of the molecule is CCc1ccc(Cl)c(OCCCS(C)(=O)=O)c1. The zero-order valence-corrected chi connectivity index (χ0v) is 11.6. The maximum absolute atomic E-state index is 10.9. The largest absolute Gasteiger partial charge is 0.492 e. The summed E-state index contributed by atoms with van der Waals surface area (Å²) in [6, 6.07) is 5.64. The van der Waals surface area contributed by atoms with Gasteiger partial charge in [0.1, 0.15) is 15.6 Å². The quantitative estimate of drug-likeness (QED) is 0.751. The lowest BCUT2D eigenvalue weighted by molar-refractivity contribution is 0.317. The van der Waals surface area contributed by atoms with Crippen LogP contribution < -0.4 is 4.74 Å². The number of sulfone groups is 1. The number of benzene rings is 1. The van der Waals surface area contributed by atoms with Gasteiger partial charge in [0.2, 0.25) is 0 Å². The summed E-state index contributed by atoms with van der Waals surface area (Å²) in [4.78, 5) is 0. The molecule has 0 heterocycles. The molecule has 17 heavy (non-hydrogen) atoms. The molecule has 1 rings (SSSR count). The van der Waals surface area contributed by atoms with Crippen LogP contribution in [0.3, 0.4) is 0 Å². The summed E-state index contributed by atoms with van der Waals surface area (Å²) in [7, 11) is -2.91. The van der Waals surface area contributed by atoms with Gasteiger partial charge in [0, 0.05) is 6.26 Å². The van der Waals surface area contributed by atoms with Crippen molar-refractivity contribution in [1.29, 1.82) is 0 Å². The summed E-state index contributed by atoms with van der Waals surface area (Å²) in [5.74, 6) is 0.762. The molecule has 0 aliphatic heterocycles. The van der Waals surface area contributed by atoms with Crippen molar-refractivity contribution in [2.45, 2.75) is 19.8 Å². The van der Waals surface area contributed by atoms with Gasteiger partial charge in [0.15, 0.2) is 0 Å². The van der Waals surface area contributed by atoms with E-state index in [-0.39, 0.29) is 5.75 Å². The first-order chi connectivity index (χ1) is 7.92. The highest BCUT2D eigenvalue weighted by Crippen LogP contribution is 2.25. The van der Waals surface area contributed by atoms with Crippen molar-refractivity contribution in [2.75, 3.05) is 18.6 Å². The van der Waals surface area contributed by atoms with Gasteiger partial charge in [-0.2, -0.15) is 0 Å². The molecule has 0 atom stereocenters. The molecule has 0 saturated carbocycles. The molecular formula is C12H17ClO3S. The standard InChI is InChI=1S/C12H17ClO3S/c1-3-10-5-6-11(13)12(9-10)16-7-4-8-17(2,14)15/h5-6,9H,3-4,7-8H2,1-2H3. The molecule has 0 amide bonds. The second kappa shape index (κ2) is 6.26. The van der Waals surface area contributed by atoms with Crippen LogP contribution in [0, 0.1) is 0 Å². The van der Waals surface area contributed by atoms with E-state index in [2.05, 4.69) is 6.92 Å². The Balaban J connectivity index is 2.51. The first-order valence-corrected chi connectivity index (χ1v) is 7.95. The molecule has 96 valence electrons. The molecular weight excluding hydrogens is 260 g/mol. The molecule has 0 spiro atoms. The van der Waals surface area contributed by atoms with E-state index in [4.69, 9.17) is 16.3 Å². The van der Waals surface area contributed by atoms with Crippen LogP contribution in [-0.2, 0) is 16.3 Å². The molecule has 0 saturated heterocycles. The zero-order chi connectivity index (χ0) is 12.9. The van der Waals surface area contributed by atoms with Crippen LogP contribution in [0.15, 0.2) is 18.2 Å². The van der Waals surface area contributed by atoms with Crippen LogP contribution in [-0.4, -0.2) is 27.0 Å². The third kappa shape index (κ3) is 5.41. The lowest BCUT2D eigenvalue weighted by Gasteiger charge is -2.09. The van der Waals surface area contributed by atoms with E-state index < -0.39 is 9.84 Å². The Morgan fingerprint density at radius 1 is 1.35 bits per heavy atom. The number of hydrogen-bond acceptors (Lipinski definition) is 3. The maximum atomic E-state index is 10.9. The predicted molar refractivity (Wildman–Crippen MR) is 70.7 cm³/mol. The van der Waals surface area contributed by atoms with Gasteiger partial charge in [-0.3, -0.25) is 0 Å². The molecule has 0 aliphatic rings. The number of halogens is 1. The first kappa shape index (κ1) is 14.3. The van der Waals surface area contributed by atoms with Crippen LogP contribution in [0.1, 0.15) is 18.9 Å². The summed E-state index contributed by atoms with van der Waals surface area (Å²) >= 11 is 5.98. The van der Waals surface area contributed by atoms with Gasteiger partial charge in [-0.05, 0) is 30.5 Å². The van der Waals surface area contributed by atoms with Gasteiger partial charge in [0.25, 0.3) is 0 Å². The summed E-state index contributed by atoms with van der Waals surface area (Å²) < 4.78 is 27.3. The van der Waals surface area contributed by atoms with E-state index in [9.17, 15) is 8.42 Å². The first-order valence-electron chi connectivity index (χ1n) is 5.51. The van der Waals surface area contributed by atoms with Gasteiger partial charge in [0.05, 0.1) is 17.4 Å². The summed E-state index contributed by atoms with van der Waals surface area (Å²) in [6.07, 6.45) is 2.61. The minimum atomic E-state index is -2.91. The Morgan fingerprint density at radius 2 is 2.06 bits per heavy atom. The Morgan fingerprint density at radius 3 is 2.65 bits per heavy atom. The molecule has 0 N–H and O–H groups in total.